The number of amides is 1. The number of hydrogen-bond donors (Lipinski definition) is 4. The second kappa shape index (κ2) is 6.59. The average Bonchev–Trinajstić information content (AvgIpc) is 2.46. The molecule has 1 amide bonds. The predicted molar refractivity (Wildman–Crippen MR) is 84.8 cm³/mol. The third-order valence-electron chi connectivity index (χ3n) is 2.96. The first-order valence-corrected chi connectivity index (χ1v) is 7.72. The molecule has 8 heteroatoms. The van der Waals surface area contributed by atoms with E-state index in [9.17, 15) is 14.4 Å². The lowest BCUT2D eigenvalue weighted by atomic mass is 10.2. The summed E-state index contributed by atoms with van der Waals surface area (Å²) in [5.41, 5.74) is 5.77. The molecule has 21 heavy (non-hydrogen) atoms. The summed E-state index contributed by atoms with van der Waals surface area (Å²) in [7, 11) is 0. The van der Waals surface area contributed by atoms with Crippen molar-refractivity contribution in [1.82, 2.24) is 9.97 Å². The van der Waals surface area contributed by atoms with Crippen LogP contribution >= 0.6 is 11.8 Å². The van der Waals surface area contributed by atoms with Crippen LogP contribution in [0.15, 0.2) is 27.8 Å². The van der Waals surface area contributed by atoms with E-state index in [1.165, 1.54) is 0 Å². The first kappa shape index (κ1) is 15.3. The number of H-pyrrole nitrogens is 2. The summed E-state index contributed by atoms with van der Waals surface area (Å²) in [5, 5.41) is 2.69. The minimum absolute atomic E-state index is 0.282. The van der Waals surface area contributed by atoms with Gasteiger partial charge in [-0.05, 0) is 36.6 Å². The smallest absolute Gasteiger partial charge is 0.314 e. The van der Waals surface area contributed by atoms with E-state index >= 15 is 0 Å². The largest absolute Gasteiger partial charge is 0.325 e. The van der Waals surface area contributed by atoms with E-state index in [-0.39, 0.29) is 5.91 Å². The number of thioether (sulfide) groups is 1. The highest BCUT2D eigenvalue weighted by Crippen LogP contribution is 2.14. The topological polar surface area (TPSA) is 121 Å². The van der Waals surface area contributed by atoms with E-state index in [0.717, 1.165) is 5.75 Å². The van der Waals surface area contributed by atoms with E-state index in [0.29, 0.717) is 23.1 Å². The first-order valence-electron chi connectivity index (χ1n) is 6.33. The summed E-state index contributed by atoms with van der Waals surface area (Å²) in [6.45, 7) is 0. The fraction of sp³-hybridized carbons (Fsp3) is 0.308. The molecule has 1 aromatic heterocycles. The van der Waals surface area contributed by atoms with Crippen molar-refractivity contribution in [3.63, 3.8) is 0 Å². The highest BCUT2D eigenvalue weighted by atomic mass is 32.2. The van der Waals surface area contributed by atoms with Crippen molar-refractivity contribution in [1.29, 1.82) is 0 Å². The highest BCUT2D eigenvalue weighted by Gasteiger charge is 2.13. The molecule has 0 fully saturated rings. The predicted octanol–water partition coefficient (Wildman–Crippen LogP) is 0.235. The molecule has 0 saturated carbocycles. The summed E-state index contributed by atoms with van der Waals surface area (Å²) in [4.78, 5) is 39.3. The SMILES string of the molecule is CSCC[C@@H](N)C(=O)Nc1ccc2[nH]c(=O)c(=O)[nH]c2c1. The maximum absolute atomic E-state index is 11.9. The van der Waals surface area contributed by atoms with Gasteiger partial charge in [-0.25, -0.2) is 0 Å². The van der Waals surface area contributed by atoms with Crippen LogP contribution in [0.2, 0.25) is 0 Å². The second-order valence-corrected chi connectivity index (χ2v) is 5.53. The van der Waals surface area contributed by atoms with Crippen molar-refractivity contribution in [2.24, 2.45) is 5.73 Å². The number of nitrogens with two attached hydrogens (primary N) is 1. The molecular weight excluding hydrogens is 292 g/mol. The molecule has 0 radical (unpaired) electrons. The Morgan fingerprint density at radius 1 is 1.29 bits per heavy atom. The normalized spacial score (nSPS) is 12.3. The van der Waals surface area contributed by atoms with Gasteiger partial charge in [0.15, 0.2) is 0 Å². The summed E-state index contributed by atoms with van der Waals surface area (Å²) < 4.78 is 0. The Kier molecular flexibility index (Phi) is 4.81. The molecule has 1 atom stereocenters. The zero-order valence-electron chi connectivity index (χ0n) is 11.4. The fourth-order valence-corrected chi connectivity index (χ4v) is 2.29. The number of rotatable bonds is 5. The molecular formula is C13H16N4O3S. The Bertz CT molecular complexity index is 768. The number of nitrogens with one attached hydrogen (secondary N) is 3. The number of carbonyl (C=O) groups excluding carboxylic acids is 1. The van der Waals surface area contributed by atoms with E-state index in [2.05, 4.69) is 15.3 Å². The monoisotopic (exact) mass is 308 g/mol. The third kappa shape index (κ3) is 3.73. The van der Waals surface area contributed by atoms with Crippen molar-refractivity contribution in [3.8, 4) is 0 Å². The van der Waals surface area contributed by atoms with Crippen LogP contribution in [0.3, 0.4) is 0 Å². The van der Waals surface area contributed by atoms with Crippen LogP contribution in [0.1, 0.15) is 6.42 Å². The van der Waals surface area contributed by atoms with Crippen LogP contribution in [0, 0.1) is 0 Å². The third-order valence-corrected chi connectivity index (χ3v) is 3.60. The minimum Gasteiger partial charge on any atom is -0.325 e. The van der Waals surface area contributed by atoms with Gasteiger partial charge in [0, 0.05) is 5.69 Å². The number of benzene rings is 1. The van der Waals surface area contributed by atoms with Gasteiger partial charge in [0.05, 0.1) is 17.1 Å². The summed E-state index contributed by atoms with van der Waals surface area (Å²) in [6.07, 6.45) is 2.54. The molecule has 1 heterocycles. The Labute approximate surface area is 124 Å². The molecule has 7 nitrogen and oxygen atoms in total. The van der Waals surface area contributed by atoms with Gasteiger partial charge in [-0.2, -0.15) is 11.8 Å². The first-order chi connectivity index (χ1) is 10.0. The van der Waals surface area contributed by atoms with E-state index in [4.69, 9.17) is 5.73 Å². The van der Waals surface area contributed by atoms with Crippen molar-refractivity contribution in [2.45, 2.75) is 12.5 Å². The number of hydrogen-bond acceptors (Lipinski definition) is 5. The Morgan fingerprint density at radius 3 is 2.62 bits per heavy atom. The van der Waals surface area contributed by atoms with Crippen LogP contribution in [-0.2, 0) is 4.79 Å². The zero-order chi connectivity index (χ0) is 15.4. The molecule has 0 spiro atoms. The summed E-state index contributed by atoms with van der Waals surface area (Å²) in [6, 6.07) is 4.24. The maximum Gasteiger partial charge on any atom is 0.314 e. The van der Waals surface area contributed by atoms with Crippen molar-refractivity contribution < 1.29 is 4.79 Å². The van der Waals surface area contributed by atoms with Crippen LogP contribution < -0.4 is 22.2 Å². The fourth-order valence-electron chi connectivity index (χ4n) is 1.80. The van der Waals surface area contributed by atoms with E-state index < -0.39 is 17.2 Å². The molecule has 0 aliphatic rings. The lowest BCUT2D eigenvalue weighted by molar-refractivity contribution is -0.117. The second-order valence-electron chi connectivity index (χ2n) is 4.55. The van der Waals surface area contributed by atoms with Crippen molar-refractivity contribution in [3.05, 3.63) is 38.9 Å². The number of anilines is 1. The average molecular weight is 308 g/mol. The lowest BCUT2D eigenvalue weighted by Gasteiger charge is -2.12. The molecule has 0 aliphatic heterocycles. The van der Waals surface area contributed by atoms with Gasteiger partial charge in [-0.15, -0.1) is 0 Å². The molecule has 0 aliphatic carbocycles. The maximum atomic E-state index is 11.9. The van der Waals surface area contributed by atoms with Gasteiger partial charge < -0.3 is 21.0 Å². The molecule has 2 aromatic rings. The molecule has 0 unspecified atom stereocenters. The Balaban J connectivity index is 2.19. The van der Waals surface area contributed by atoms with Crippen LogP contribution in [-0.4, -0.2) is 33.9 Å². The van der Waals surface area contributed by atoms with Gasteiger partial charge in [-0.3, -0.25) is 14.4 Å². The van der Waals surface area contributed by atoms with Crippen LogP contribution in [0.4, 0.5) is 5.69 Å². The van der Waals surface area contributed by atoms with Gasteiger partial charge in [0.1, 0.15) is 0 Å². The molecule has 0 bridgehead atoms. The molecule has 0 saturated heterocycles. The molecule has 1 aromatic carbocycles. The number of aromatic nitrogens is 2. The zero-order valence-corrected chi connectivity index (χ0v) is 12.3. The highest BCUT2D eigenvalue weighted by molar-refractivity contribution is 7.98. The quantitative estimate of drug-likeness (QED) is 0.589. The van der Waals surface area contributed by atoms with Gasteiger partial charge in [0.25, 0.3) is 0 Å². The number of carbonyl (C=O) groups is 1. The summed E-state index contributed by atoms with van der Waals surface area (Å²) >= 11 is 1.63. The van der Waals surface area contributed by atoms with Gasteiger partial charge in [0.2, 0.25) is 5.91 Å². The number of aromatic amines is 2. The van der Waals surface area contributed by atoms with Crippen LogP contribution in [0.5, 0.6) is 0 Å². The summed E-state index contributed by atoms with van der Waals surface area (Å²) in [5.74, 6) is 0.524. The van der Waals surface area contributed by atoms with E-state index in [1.54, 1.807) is 30.0 Å². The van der Waals surface area contributed by atoms with Crippen LogP contribution in [0.25, 0.3) is 11.0 Å². The lowest BCUT2D eigenvalue weighted by Crippen LogP contribution is -2.36. The van der Waals surface area contributed by atoms with Gasteiger partial charge in [-0.1, -0.05) is 0 Å². The Morgan fingerprint density at radius 2 is 1.95 bits per heavy atom. The van der Waals surface area contributed by atoms with Gasteiger partial charge >= 0.3 is 11.1 Å². The minimum atomic E-state index is -0.734. The standard InChI is InChI=1S/C13H16N4O3S/c1-21-5-4-8(14)11(18)15-7-2-3-9-10(6-7)17-13(20)12(19)16-9/h2-3,6,8H,4-5,14H2,1H3,(H,15,18)(H,16,19)(H,17,20)/t8-/m1/s1. The van der Waals surface area contributed by atoms with E-state index in [1.807, 2.05) is 6.26 Å². The van der Waals surface area contributed by atoms with Crippen molar-refractivity contribution >= 4 is 34.4 Å². The molecule has 5 N–H and O–H groups in total. The Hall–Kier alpha value is -2.06. The van der Waals surface area contributed by atoms with Crippen molar-refractivity contribution in [2.75, 3.05) is 17.3 Å². The molecule has 2 rings (SSSR count). The molecule has 112 valence electrons. The number of fused-ring (bicyclic) bond motifs is 1.